The number of aromatic nitrogens is 1. The minimum atomic E-state index is 0.443. The van der Waals surface area contributed by atoms with E-state index in [0.29, 0.717) is 11.0 Å². The normalized spacial score (nSPS) is 14.6. The van der Waals surface area contributed by atoms with Crippen molar-refractivity contribution in [2.24, 2.45) is 0 Å². The molecule has 0 bridgehead atoms. The molecule has 0 aliphatic heterocycles. The topological polar surface area (TPSA) is 38.9 Å². The summed E-state index contributed by atoms with van der Waals surface area (Å²) in [5.41, 5.74) is 11.7. The van der Waals surface area contributed by atoms with Gasteiger partial charge in [0.2, 0.25) is 0 Å². The van der Waals surface area contributed by atoms with E-state index in [4.69, 9.17) is 5.73 Å². The highest BCUT2D eigenvalue weighted by molar-refractivity contribution is 7.15. The molecule has 0 fully saturated rings. The van der Waals surface area contributed by atoms with E-state index in [0.717, 1.165) is 6.42 Å². The Balaban J connectivity index is 1.96. The molecule has 2 aromatic rings. The van der Waals surface area contributed by atoms with Crippen LogP contribution in [0.1, 0.15) is 59.9 Å². The Morgan fingerprint density at radius 3 is 2.85 bits per heavy atom. The molecule has 0 radical (unpaired) electrons. The van der Waals surface area contributed by atoms with Crippen molar-refractivity contribution in [2.45, 2.75) is 51.9 Å². The molecule has 1 aromatic heterocycles. The molecule has 1 heterocycles. The number of aryl methyl sites for hydroxylation is 1. The van der Waals surface area contributed by atoms with Crippen molar-refractivity contribution in [1.29, 1.82) is 0 Å². The fourth-order valence-corrected chi connectivity index (χ4v) is 4.17. The van der Waals surface area contributed by atoms with Crippen molar-refractivity contribution in [2.75, 3.05) is 5.73 Å². The lowest BCUT2D eigenvalue weighted by Crippen LogP contribution is -2.07. The van der Waals surface area contributed by atoms with Crippen LogP contribution in [0.15, 0.2) is 18.2 Å². The van der Waals surface area contributed by atoms with E-state index in [9.17, 15) is 0 Å². The Labute approximate surface area is 125 Å². The fourth-order valence-electron chi connectivity index (χ4n) is 3.16. The summed E-state index contributed by atoms with van der Waals surface area (Å²) in [7, 11) is 0. The average Bonchev–Trinajstić information content (AvgIpc) is 2.80. The molecule has 1 aliphatic carbocycles. The number of nitrogens with two attached hydrogens (primary N) is 1. The number of anilines is 1. The third kappa shape index (κ3) is 2.59. The number of hydrogen-bond acceptors (Lipinski definition) is 3. The third-order valence-electron chi connectivity index (χ3n) is 4.13. The number of hydrogen-bond donors (Lipinski definition) is 1. The van der Waals surface area contributed by atoms with E-state index in [-0.39, 0.29) is 0 Å². The monoisotopic (exact) mass is 286 g/mol. The van der Waals surface area contributed by atoms with Gasteiger partial charge in [-0.1, -0.05) is 32.0 Å². The molecular weight excluding hydrogens is 264 g/mol. The number of fused-ring (bicyclic) bond motifs is 1. The number of rotatable bonds is 3. The predicted molar refractivity (Wildman–Crippen MR) is 86.5 cm³/mol. The van der Waals surface area contributed by atoms with Gasteiger partial charge in [0.05, 0.1) is 5.69 Å². The molecule has 2 N–H and O–H groups in total. The largest absolute Gasteiger partial charge is 0.375 e. The minimum absolute atomic E-state index is 0.443. The molecule has 0 saturated heterocycles. The van der Waals surface area contributed by atoms with Gasteiger partial charge >= 0.3 is 0 Å². The molecule has 1 aromatic carbocycles. The maximum absolute atomic E-state index is 5.92. The van der Waals surface area contributed by atoms with Crippen LogP contribution in [-0.2, 0) is 19.3 Å². The van der Waals surface area contributed by atoms with Crippen molar-refractivity contribution < 1.29 is 0 Å². The van der Waals surface area contributed by atoms with Gasteiger partial charge in [0.1, 0.15) is 0 Å². The Hall–Kier alpha value is -1.35. The molecule has 0 spiro atoms. The van der Waals surface area contributed by atoms with Gasteiger partial charge in [-0.15, -0.1) is 11.3 Å². The van der Waals surface area contributed by atoms with E-state index in [1.807, 2.05) is 0 Å². The van der Waals surface area contributed by atoms with Crippen molar-refractivity contribution in [3.8, 4) is 0 Å². The maximum atomic E-state index is 5.92. The molecular formula is C17H22N2S. The first-order chi connectivity index (χ1) is 9.65. The Bertz CT molecular complexity index is 613. The lowest BCUT2D eigenvalue weighted by Gasteiger charge is -2.19. The molecule has 0 atom stereocenters. The molecule has 0 amide bonds. The van der Waals surface area contributed by atoms with Gasteiger partial charge in [0.15, 0.2) is 5.13 Å². The molecule has 1 aliphatic rings. The van der Waals surface area contributed by atoms with Crippen LogP contribution in [0.4, 0.5) is 5.13 Å². The van der Waals surface area contributed by atoms with Gasteiger partial charge in [0, 0.05) is 11.3 Å². The summed E-state index contributed by atoms with van der Waals surface area (Å²) in [4.78, 5) is 5.86. The van der Waals surface area contributed by atoms with Crippen molar-refractivity contribution >= 4 is 16.5 Å². The van der Waals surface area contributed by atoms with E-state index in [1.54, 1.807) is 22.5 Å². The van der Waals surface area contributed by atoms with E-state index < -0.39 is 0 Å². The molecule has 2 nitrogen and oxygen atoms in total. The van der Waals surface area contributed by atoms with E-state index in [2.05, 4.69) is 37.0 Å². The number of benzene rings is 1. The molecule has 0 saturated carbocycles. The lowest BCUT2D eigenvalue weighted by atomic mass is 9.87. The second kappa shape index (κ2) is 5.57. The quantitative estimate of drug-likeness (QED) is 0.912. The van der Waals surface area contributed by atoms with Gasteiger partial charge in [-0.3, -0.25) is 0 Å². The Kier molecular flexibility index (Phi) is 3.79. The first-order valence-electron chi connectivity index (χ1n) is 7.50. The SMILES string of the molecule is CC(C)c1nc(N)sc1Cc1cccc2c1CCCC2. The lowest BCUT2D eigenvalue weighted by molar-refractivity contribution is 0.680. The third-order valence-corrected chi connectivity index (χ3v) is 5.04. The van der Waals surface area contributed by atoms with Crippen LogP contribution in [0.3, 0.4) is 0 Å². The summed E-state index contributed by atoms with van der Waals surface area (Å²) in [6.45, 7) is 4.39. The zero-order valence-electron chi connectivity index (χ0n) is 12.3. The van der Waals surface area contributed by atoms with Crippen molar-refractivity contribution in [3.05, 3.63) is 45.5 Å². The summed E-state index contributed by atoms with van der Waals surface area (Å²) in [5.74, 6) is 0.443. The first-order valence-corrected chi connectivity index (χ1v) is 8.31. The number of thiazole rings is 1. The highest BCUT2D eigenvalue weighted by atomic mass is 32.1. The summed E-state index contributed by atoms with van der Waals surface area (Å²) >= 11 is 1.65. The van der Waals surface area contributed by atoms with Crippen LogP contribution in [-0.4, -0.2) is 4.98 Å². The summed E-state index contributed by atoms with van der Waals surface area (Å²) < 4.78 is 0. The van der Waals surface area contributed by atoms with Gasteiger partial charge in [-0.2, -0.15) is 0 Å². The summed E-state index contributed by atoms with van der Waals surface area (Å²) in [6.07, 6.45) is 6.13. The van der Waals surface area contributed by atoms with Gasteiger partial charge in [-0.25, -0.2) is 4.98 Å². The van der Waals surface area contributed by atoms with Gasteiger partial charge in [-0.05, 0) is 48.3 Å². The summed E-state index contributed by atoms with van der Waals surface area (Å²) in [6, 6.07) is 6.78. The van der Waals surface area contributed by atoms with Crippen LogP contribution >= 0.6 is 11.3 Å². The summed E-state index contributed by atoms with van der Waals surface area (Å²) in [5, 5.41) is 0.702. The van der Waals surface area contributed by atoms with Crippen LogP contribution in [0.2, 0.25) is 0 Å². The van der Waals surface area contributed by atoms with Crippen LogP contribution < -0.4 is 5.73 Å². The predicted octanol–water partition coefficient (Wildman–Crippen LogP) is 4.32. The first kappa shape index (κ1) is 13.6. The van der Waals surface area contributed by atoms with Crippen LogP contribution in [0.25, 0.3) is 0 Å². The van der Waals surface area contributed by atoms with Crippen molar-refractivity contribution in [3.63, 3.8) is 0 Å². The van der Waals surface area contributed by atoms with E-state index >= 15 is 0 Å². The van der Waals surface area contributed by atoms with E-state index in [1.165, 1.54) is 41.8 Å². The molecule has 20 heavy (non-hydrogen) atoms. The van der Waals surface area contributed by atoms with Crippen LogP contribution in [0, 0.1) is 0 Å². The Morgan fingerprint density at radius 1 is 1.25 bits per heavy atom. The number of nitrogens with zero attached hydrogens (tertiary/aromatic N) is 1. The average molecular weight is 286 g/mol. The standard InChI is InChI=1S/C17H22N2S/c1-11(2)16-15(20-17(18)19-16)10-13-8-5-7-12-6-3-4-9-14(12)13/h5,7-8,11H,3-4,6,9-10H2,1-2H3,(H2,18,19). The van der Waals surface area contributed by atoms with Gasteiger partial charge < -0.3 is 5.73 Å². The second-order valence-electron chi connectivity index (χ2n) is 5.95. The second-order valence-corrected chi connectivity index (χ2v) is 7.07. The van der Waals surface area contributed by atoms with Crippen molar-refractivity contribution in [1.82, 2.24) is 4.98 Å². The minimum Gasteiger partial charge on any atom is -0.375 e. The van der Waals surface area contributed by atoms with Crippen LogP contribution in [0.5, 0.6) is 0 Å². The zero-order valence-corrected chi connectivity index (χ0v) is 13.1. The maximum Gasteiger partial charge on any atom is 0.180 e. The zero-order chi connectivity index (χ0) is 14.1. The molecule has 106 valence electrons. The fraction of sp³-hybridized carbons (Fsp3) is 0.471. The Morgan fingerprint density at radius 2 is 2.05 bits per heavy atom. The highest BCUT2D eigenvalue weighted by Crippen LogP contribution is 2.32. The smallest absolute Gasteiger partial charge is 0.180 e. The highest BCUT2D eigenvalue weighted by Gasteiger charge is 2.17. The molecule has 3 heteroatoms. The molecule has 3 rings (SSSR count). The molecule has 0 unspecified atom stereocenters. The van der Waals surface area contributed by atoms with Gasteiger partial charge in [0.25, 0.3) is 0 Å². The number of nitrogen functional groups attached to an aromatic ring is 1.